The van der Waals surface area contributed by atoms with E-state index in [4.69, 9.17) is 14.2 Å². The molecule has 0 heterocycles. The van der Waals surface area contributed by atoms with Crippen molar-refractivity contribution in [2.75, 3.05) is 19.8 Å². The number of hydrogen-bond acceptors (Lipinski definition) is 5. The number of carbonyl (C=O) groups is 2. The second kappa shape index (κ2) is 11.7. The van der Waals surface area contributed by atoms with Gasteiger partial charge in [0.05, 0.1) is 19.8 Å². The van der Waals surface area contributed by atoms with Crippen molar-refractivity contribution >= 4 is 12.6 Å². The molecular weight excluding hydrogens is 320 g/mol. The molecule has 0 aromatic heterocycles. The zero-order chi connectivity index (χ0) is 18.5. The highest BCUT2D eigenvalue weighted by atomic mass is 16.5. The summed E-state index contributed by atoms with van der Waals surface area (Å²) >= 11 is 0. The predicted octanol–water partition coefficient (Wildman–Crippen LogP) is 4.19. The normalized spacial score (nSPS) is 9.40. The SMILES string of the molecule is CCOc1ccc(C=O)cc1.CCOc1ccc(C=O)cc1OCC. The van der Waals surface area contributed by atoms with Gasteiger partial charge < -0.3 is 14.2 Å². The Bertz CT molecular complexity index is 650. The van der Waals surface area contributed by atoms with E-state index in [0.29, 0.717) is 42.4 Å². The molecule has 0 aliphatic carbocycles. The Labute approximate surface area is 148 Å². The Kier molecular flexibility index (Phi) is 9.45. The summed E-state index contributed by atoms with van der Waals surface area (Å²) in [4.78, 5) is 20.8. The Balaban J connectivity index is 0.000000257. The maximum absolute atomic E-state index is 10.5. The molecular formula is C20H24O5. The van der Waals surface area contributed by atoms with E-state index < -0.39 is 0 Å². The minimum absolute atomic E-state index is 0.558. The van der Waals surface area contributed by atoms with Gasteiger partial charge in [0.2, 0.25) is 0 Å². The van der Waals surface area contributed by atoms with Gasteiger partial charge in [0.25, 0.3) is 0 Å². The lowest BCUT2D eigenvalue weighted by Crippen LogP contribution is -1.98. The molecule has 25 heavy (non-hydrogen) atoms. The highest BCUT2D eigenvalue weighted by Gasteiger charge is 2.04. The first-order valence-corrected chi connectivity index (χ1v) is 8.21. The van der Waals surface area contributed by atoms with E-state index in [9.17, 15) is 9.59 Å². The molecule has 0 amide bonds. The second-order valence-corrected chi connectivity index (χ2v) is 4.81. The molecule has 2 rings (SSSR count). The van der Waals surface area contributed by atoms with Crippen LogP contribution < -0.4 is 14.2 Å². The second-order valence-electron chi connectivity index (χ2n) is 4.81. The van der Waals surface area contributed by atoms with E-state index >= 15 is 0 Å². The molecule has 0 saturated carbocycles. The minimum atomic E-state index is 0.558. The van der Waals surface area contributed by atoms with E-state index in [1.165, 1.54) is 0 Å². The van der Waals surface area contributed by atoms with Crippen LogP contribution in [0.4, 0.5) is 0 Å². The van der Waals surface area contributed by atoms with Gasteiger partial charge in [-0.05, 0) is 63.2 Å². The fourth-order valence-electron chi connectivity index (χ4n) is 1.95. The van der Waals surface area contributed by atoms with Gasteiger partial charge in [0.15, 0.2) is 11.5 Å². The number of benzene rings is 2. The molecule has 0 unspecified atom stereocenters. The van der Waals surface area contributed by atoms with Crippen molar-refractivity contribution in [2.45, 2.75) is 20.8 Å². The lowest BCUT2D eigenvalue weighted by molar-refractivity contribution is 0.111. The van der Waals surface area contributed by atoms with Crippen molar-refractivity contribution in [1.29, 1.82) is 0 Å². The molecule has 0 aliphatic rings. The molecule has 5 nitrogen and oxygen atoms in total. The average Bonchev–Trinajstić information content (AvgIpc) is 2.65. The van der Waals surface area contributed by atoms with Gasteiger partial charge >= 0.3 is 0 Å². The molecule has 2 aromatic carbocycles. The van der Waals surface area contributed by atoms with Crippen LogP contribution in [0.25, 0.3) is 0 Å². The molecule has 0 fully saturated rings. The molecule has 134 valence electrons. The first-order chi connectivity index (χ1) is 12.2. The minimum Gasteiger partial charge on any atom is -0.494 e. The van der Waals surface area contributed by atoms with E-state index in [-0.39, 0.29) is 0 Å². The average molecular weight is 344 g/mol. The zero-order valence-corrected chi connectivity index (χ0v) is 14.9. The number of carbonyl (C=O) groups excluding carboxylic acids is 2. The van der Waals surface area contributed by atoms with Gasteiger partial charge in [0, 0.05) is 11.1 Å². The van der Waals surface area contributed by atoms with Crippen molar-refractivity contribution in [2.24, 2.45) is 0 Å². The molecule has 0 bridgehead atoms. The maximum atomic E-state index is 10.5. The fraction of sp³-hybridized carbons (Fsp3) is 0.300. The third kappa shape index (κ3) is 7.08. The van der Waals surface area contributed by atoms with Crippen molar-refractivity contribution in [3.63, 3.8) is 0 Å². The van der Waals surface area contributed by atoms with E-state index in [0.717, 1.165) is 18.3 Å². The molecule has 0 radical (unpaired) electrons. The monoisotopic (exact) mass is 344 g/mol. The Hall–Kier alpha value is -2.82. The Morgan fingerprint density at radius 1 is 0.680 bits per heavy atom. The van der Waals surface area contributed by atoms with Crippen LogP contribution in [0.1, 0.15) is 41.5 Å². The molecule has 0 saturated heterocycles. The molecule has 0 aliphatic heterocycles. The van der Waals surface area contributed by atoms with Crippen LogP contribution in [0.5, 0.6) is 17.2 Å². The van der Waals surface area contributed by atoms with Crippen molar-refractivity contribution in [3.05, 3.63) is 53.6 Å². The van der Waals surface area contributed by atoms with Gasteiger partial charge in [-0.2, -0.15) is 0 Å². The van der Waals surface area contributed by atoms with E-state index in [2.05, 4.69) is 0 Å². The number of ether oxygens (including phenoxy) is 3. The first-order valence-electron chi connectivity index (χ1n) is 8.21. The quantitative estimate of drug-likeness (QED) is 0.672. The van der Waals surface area contributed by atoms with E-state index in [1.807, 2.05) is 20.8 Å². The highest BCUT2D eigenvalue weighted by molar-refractivity contribution is 5.76. The number of aldehydes is 2. The van der Waals surface area contributed by atoms with Crippen LogP contribution >= 0.6 is 0 Å². The first kappa shape index (κ1) is 20.2. The van der Waals surface area contributed by atoms with E-state index in [1.54, 1.807) is 42.5 Å². The standard InChI is InChI=1S/C11H14O3.C9H10O2/c1-3-13-10-6-5-9(8-12)7-11(10)14-4-2;1-2-11-9-5-3-8(7-10)4-6-9/h5-8H,3-4H2,1-2H3;3-7H,2H2,1H3. The summed E-state index contributed by atoms with van der Waals surface area (Å²) in [5.74, 6) is 2.11. The summed E-state index contributed by atoms with van der Waals surface area (Å²) in [6, 6.07) is 12.2. The highest BCUT2D eigenvalue weighted by Crippen LogP contribution is 2.27. The predicted molar refractivity (Wildman–Crippen MR) is 97.2 cm³/mol. The summed E-state index contributed by atoms with van der Waals surface area (Å²) < 4.78 is 15.9. The zero-order valence-electron chi connectivity index (χ0n) is 14.9. The molecule has 2 aromatic rings. The van der Waals surface area contributed by atoms with Gasteiger partial charge in [-0.15, -0.1) is 0 Å². The smallest absolute Gasteiger partial charge is 0.161 e. The Morgan fingerprint density at radius 2 is 1.20 bits per heavy atom. The summed E-state index contributed by atoms with van der Waals surface area (Å²) in [6.07, 6.45) is 1.61. The van der Waals surface area contributed by atoms with Crippen LogP contribution in [-0.4, -0.2) is 32.4 Å². The third-order valence-corrected chi connectivity index (χ3v) is 3.03. The largest absolute Gasteiger partial charge is 0.494 e. The van der Waals surface area contributed by atoms with Gasteiger partial charge in [-0.3, -0.25) is 9.59 Å². The van der Waals surface area contributed by atoms with Crippen LogP contribution in [-0.2, 0) is 0 Å². The maximum Gasteiger partial charge on any atom is 0.161 e. The van der Waals surface area contributed by atoms with Crippen molar-refractivity contribution < 1.29 is 23.8 Å². The lowest BCUT2D eigenvalue weighted by Gasteiger charge is -2.10. The summed E-state index contributed by atoms with van der Waals surface area (Å²) in [5.41, 5.74) is 1.27. The van der Waals surface area contributed by atoms with Crippen LogP contribution in [0.3, 0.4) is 0 Å². The molecule has 0 N–H and O–H groups in total. The lowest BCUT2D eigenvalue weighted by atomic mass is 10.2. The van der Waals surface area contributed by atoms with Crippen molar-refractivity contribution in [3.8, 4) is 17.2 Å². The molecule has 5 heteroatoms. The van der Waals surface area contributed by atoms with Crippen molar-refractivity contribution in [1.82, 2.24) is 0 Å². The number of rotatable bonds is 8. The van der Waals surface area contributed by atoms with Crippen LogP contribution in [0, 0.1) is 0 Å². The Morgan fingerprint density at radius 3 is 1.72 bits per heavy atom. The number of hydrogen-bond donors (Lipinski definition) is 0. The van der Waals surface area contributed by atoms with Crippen LogP contribution in [0.15, 0.2) is 42.5 Å². The topological polar surface area (TPSA) is 61.8 Å². The summed E-state index contributed by atoms with van der Waals surface area (Å²) in [7, 11) is 0. The summed E-state index contributed by atoms with van der Waals surface area (Å²) in [5, 5.41) is 0. The molecule has 0 atom stereocenters. The van der Waals surface area contributed by atoms with Gasteiger partial charge in [-0.25, -0.2) is 0 Å². The fourth-order valence-corrected chi connectivity index (χ4v) is 1.95. The van der Waals surface area contributed by atoms with Crippen LogP contribution in [0.2, 0.25) is 0 Å². The summed E-state index contributed by atoms with van der Waals surface area (Å²) in [6.45, 7) is 7.52. The third-order valence-electron chi connectivity index (χ3n) is 3.03. The van der Waals surface area contributed by atoms with Gasteiger partial charge in [-0.1, -0.05) is 0 Å². The molecule has 0 spiro atoms. The van der Waals surface area contributed by atoms with Gasteiger partial charge in [0.1, 0.15) is 18.3 Å².